The lowest BCUT2D eigenvalue weighted by atomic mass is 10.0. The number of rotatable bonds is 15. The lowest BCUT2D eigenvalue weighted by molar-refractivity contribution is -0.140. The van der Waals surface area contributed by atoms with Crippen molar-refractivity contribution in [3.05, 3.63) is 119 Å². The summed E-state index contributed by atoms with van der Waals surface area (Å²) in [6, 6.07) is 28.1. The summed E-state index contributed by atoms with van der Waals surface area (Å²) in [6.07, 6.45) is 0.203. The summed E-state index contributed by atoms with van der Waals surface area (Å²) in [5, 5.41) is 3.40. The third-order valence-corrected chi connectivity index (χ3v) is 9.66. The molecule has 0 saturated carbocycles. The van der Waals surface area contributed by atoms with E-state index in [2.05, 4.69) is 5.32 Å². The average Bonchev–Trinajstić information content (AvgIpc) is 3.08. The summed E-state index contributed by atoms with van der Waals surface area (Å²) < 4.78 is 40.3. The van der Waals surface area contributed by atoms with E-state index < -0.39 is 28.5 Å². The number of halogens is 1. The van der Waals surface area contributed by atoms with Crippen LogP contribution in [-0.4, -0.2) is 58.5 Å². The first-order valence-electron chi connectivity index (χ1n) is 15.2. The Morgan fingerprint density at radius 3 is 2.06 bits per heavy atom. The Morgan fingerprint density at radius 1 is 0.830 bits per heavy atom. The van der Waals surface area contributed by atoms with Crippen LogP contribution in [0, 0.1) is 5.92 Å². The number of sulfonamides is 1. The number of hydrogen-bond acceptors (Lipinski definition) is 6. The van der Waals surface area contributed by atoms with Crippen molar-refractivity contribution >= 4 is 39.1 Å². The van der Waals surface area contributed by atoms with Gasteiger partial charge >= 0.3 is 0 Å². The SMILES string of the molecule is COc1ccc(S(=O)(=O)N(CC(=O)N(Cc2ccccc2Cl)C(Cc2ccccc2)C(=O)NCC(C)C)c2ccccc2)cc1OC. The lowest BCUT2D eigenvalue weighted by Gasteiger charge is -2.34. The van der Waals surface area contributed by atoms with Crippen molar-refractivity contribution in [1.29, 1.82) is 0 Å². The summed E-state index contributed by atoms with van der Waals surface area (Å²) in [5.41, 5.74) is 1.73. The molecule has 0 saturated heterocycles. The molecule has 11 heteroatoms. The van der Waals surface area contributed by atoms with Crippen LogP contribution < -0.4 is 19.1 Å². The molecule has 0 bridgehead atoms. The van der Waals surface area contributed by atoms with Crippen LogP contribution in [0.3, 0.4) is 0 Å². The molecule has 0 heterocycles. The van der Waals surface area contributed by atoms with E-state index in [1.165, 1.54) is 37.3 Å². The highest BCUT2D eigenvalue weighted by molar-refractivity contribution is 7.92. The predicted molar refractivity (Wildman–Crippen MR) is 184 cm³/mol. The van der Waals surface area contributed by atoms with Crippen molar-refractivity contribution in [3.63, 3.8) is 0 Å². The van der Waals surface area contributed by atoms with Crippen molar-refractivity contribution in [2.75, 3.05) is 31.6 Å². The Morgan fingerprint density at radius 2 is 1.45 bits per heavy atom. The van der Waals surface area contributed by atoms with E-state index >= 15 is 0 Å². The number of ether oxygens (including phenoxy) is 2. The van der Waals surface area contributed by atoms with Gasteiger partial charge in [-0.25, -0.2) is 8.42 Å². The number of nitrogens with one attached hydrogen (secondary N) is 1. The first-order chi connectivity index (χ1) is 22.5. The number of carbonyl (C=O) groups excluding carboxylic acids is 2. The highest BCUT2D eigenvalue weighted by Gasteiger charge is 2.35. The first kappa shape index (κ1) is 35.3. The predicted octanol–water partition coefficient (Wildman–Crippen LogP) is 5.96. The van der Waals surface area contributed by atoms with Gasteiger partial charge in [0.2, 0.25) is 11.8 Å². The van der Waals surface area contributed by atoms with Crippen molar-refractivity contribution in [2.45, 2.75) is 37.8 Å². The zero-order valence-corrected chi connectivity index (χ0v) is 28.5. The summed E-state index contributed by atoms with van der Waals surface area (Å²) >= 11 is 6.56. The van der Waals surface area contributed by atoms with Gasteiger partial charge in [0.1, 0.15) is 12.6 Å². The molecule has 4 aromatic carbocycles. The van der Waals surface area contributed by atoms with Gasteiger partial charge in [-0.3, -0.25) is 13.9 Å². The number of methoxy groups -OCH3 is 2. The smallest absolute Gasteiger partial charge is 0.264 e. The fourth-order valence-electron chi connectivity index (χ4n) is 5.01. The van der Waals surface area contributed by atoms with Crippen LogP contribution in [-0.2, 0) is 32.6 Å². The van der Waals surface area contributed by atoms with Crippen LogP contribution >= 0.6 is 11.6 Å². The van der Waals surface area contributed by atoms with Crippen LogP contribution in [0.15, 0.2) is 108 Å². The van der Waals surface area contributed by atoms with E-state index in [0.717, 1.165) is 9.87 Å². The molecule has 0 radical (unpaired) electrons. The molecule has 0 spiro atoms. The van der Waals surface area contributed by atoms with Gasteiger partial charge in [0.05, 0.1) is 24.8 Å². The number of anilines is 1. The molecule has 2 amide bonds. The van der Waals surface area contributed by atoms with E-state index in [-0.39, 0.29) is 41.1 Å². The summed E-state index contributed by atoms with van der Waals surface area (Å²) in [4.78, 5) is 29.8. The van der Waals surface area contributed by atoms with Gasteiger partial charge in [-0.05, 0) is 47.4 Å². The van der Waals surface area contributed by atoms with Crippen LogP contribution in [0.2, 0.25) is 5.02 Å². The first-order valence-corrected chi connectivity index (χ1v) is 17.0. The fourth-order valence-corrected chi connectivity index (χ4v) is 6.64. The van der Waals surface area contributed by atoms with Crippen LogP contribution in [0.4, 0.5) is 5.69 Å². The fraction of sp³-hybridized carbons (Fsp3) is 0.278. The monoisotopic (exact) mass is 677 g/mol. The number of nitrogens with zero attached hydrogens (tertiary/aromatic N) is 2. The van der Waals surface area contributed by atoms with Gasteiger partial charge in [0.15, 0.2) is 11.5 Å². The normalized spacial score (nSPS) is 11.9. The average molecular weight is 678 g/mol. The molecular weight excluding hydrogens is 638 g/mol. The Balaban J connectivity index is 1.81. The maximum absolute atomic E-state index is 14.6. The molecule has 4 rings (SSSR count). The van der Waals surface area contributed by atoms with Gasteiger partial charge in [-0.15, -0.1) is 0 Å². The second kappa shape index (κ2) is 16.3. The quantitative estimate of drug-likeness (QED) is 0.166. The maximum atomic E-state index is 14.6. The molecule has 0 aliphatic carbocycles. The van der Waals surface area contributed by atoms with Crippen LogP contribution in [0.25, 0.3) is 0 Å². The van der Waals surface area contributed by atoms with Crippen LogP contribution in [0.1, 0.15) is 25.0 Å². The second-order valence-corrected chi connectivity index (χ2v) is 13.6. The van der Waals surface area contributed by atoms with Gasteiger partial charge < -0.3 is 19.7 Å². The number of amides is 2. The molecule has 0 aromatic heterocycles. The molecular formula is C36H40ClN3O6S. The third-order valence-electron chi connectivity index (χ3n) is 7.52. The largest absolute Gasteiger partial charge is 0.493 e. The molecule has 1 N–H and O–H groups in total. The number of para-hydroxylation sites is 1. The third kappa shape index (κ3) is 9.05. The van der Waals surface area contributed by atoms with Gasteiger partial charge in [-0.1, -0.05) is 92.2 Å². The Labute approximate surface area is 282 Å². The molecule has 0 aliphatic rings. The van der Waals surface area contributed by atoms with E-state index in [0.29, 0.717) is 22.9 Å². The summed E-state index contributed by atoms with van der Waals surface area (Å²) in [6.45, 7) is 3.76. The highest BCUT2D eigenvalue weighted by Crippen LogP contribution is 2.32. The molecule has 1 atom stereocenters. The minimum absolute atomic E-state index is 0.0237. The van der Waals surface area contributed by atoms with Crippen LogP contribution in [0.5, 0.6) is 11.5 Å². The Bertz CT molecular complexity index is 1750. The molecule has 47 heavy (non-hydrogen) atoms. The molecule has 1 unspecified atom stereocenters. The second-order valence-electron chi connectivity index (χ2n) is 11.3. The minimum Gasteiger partial charge on any atom is -0.493 e. The summed E-state index contributed by atoms with van der Waals surface area (Å²) in [5.74, 6) is -0.187. The molecule has 4 aromatic rings. The van der Waals surface area contributed by atoms with Crippen molar-refractivity contribution in [1.82, 2.24) is 10.2 Å². The topological polar surface area (TPSA) is 105 Å². The lowest BCUT2D eigenvalue weighted by Crippen LogP contribution is -2.53. The van der Waals surface area contributed by atoms with E-state index in [1.807, 2.05) is 44.2 Å². The van der Waals surface area contributed by atoms with E-state index in [9.17, 15) is 18.0 Å². The number of benzene rings is 4. The maximum Gasteiger partial charge on any atom is 0.264 e. The zero-order valence-electron chi connectivity index (χ0n) is 26.9. The van der Waals surface area contributed by atoms with Gasteiger partial charge in [0.25, 0.3) is 10.0 Å². The van der Waals surface area contributed by atoms with Crippen molar-refractivity contribution < 1.29 is 27.5 Å². The van der Waals surface area contributed by atoms with E-state index in [1.54, 1.807) is 54.6 Å². The van der Waals surface area contributed by atoms with Crippen molar-refractivity contribution in [3.8, 4) is 11.5 Å². The standard InChI is InChI=1S/C36H40ClN3O6S/c1-26(2)23-38-36(42)32(21-27-13-7-5-8-14-27)39(24-28-15-11-12-18-31(28)37)35(41)25-40(29-16-9-6-10-17-29)47(43,44)30-19-20-33(45-3)34(22-30)46-4/h5-20,22,26,32H,21,23-25H2,1-4H3,(H,38,42). The van der Waals surface area contributed by atoms with Gasteiger partial charge in [0, 0.05) is 30.6 Å². The Kier molecular flexibility index (Phi) is 12.3. The van der Waals surface area contributed by atoms with Gasteiger partial charge in [-0.2, -0.15) is 0 Å². The molecule has 0 fully saturated rings. The Hall–Kier alpha value is -4.54. The zero-order chi connectivity index (χ0) is 34.0. The number of carbonyl (C=O) groups is 2. The summed E-state index contributed by atoms with van der Waals surface area (Å²) in [7, 11) is -1.45. The highest BCUT2D eigenvalue weighted by atomic mass is 35.5. The van der Waals surface area contributed by atoms with E-state index in [4.69, 9.17) is 21.1 Å². The molecule has 9 nitrogen and oxygen atoms in total. The number of hydrogen-bond donors (Lipinski definition) is 1. The van der Waals surface area contributed by atoms with Crippen molar-refractivity contribution in [2.24, 2.45) is 5.92 Å². The minimum atomic E-state index is -4.32. The molecule has 248 valence electrons. The molecule has 0 aliphatic heterocycles.